The van der Waals surface area contributed by atoms with Gasteiger partial charge in [0.15, 0.2) is 0 Å². The van der Waals surface area contributed by atoms with Gasteiger partial charge in [0, 0.05) is 9.86 Å². The van der Waals surface area contributed by atoms with E-state index in [0.29, 0.717) is 0 Å². The summed E-state index contributed by atoms with van der Waals surface area (Å²) in [6.45, 7) is 2.00. The maximum atomic E-state index is 9.27. The summed E-state index contributed by atoms with van der Waals surface area (Å²) in [4.78, 5) is 4.14. The molecule has 2 rings (SSSR count). The molecule has 1 N–H and O–H groups in total. The molecule has 0 saturated carbocycles. The van der Waals surface area contributed by atoms with Crippen molar-refractivity contribution in [3.8, 4) is 5.75 Å². The second kappa shape index (κ2) is 3.00. The third-order valence-electron chi connectivity index (χ3n) is 2.00. The van der Waals surface area contributed by atoms with Crippen molar-refractivity contribution in [1.29, 1.82) is 0 Å². The number of rotatable bonds is 0. The smallest absolute Gasteiger partial charge is 0.134 e. The second-order valence-corrected chi connectivity index (χ2v) is 3.81. The van der Waals surface area contributed by atoms with Crippen molar-refractivity contribution in [2.75, 3.05) is 0 Å². The molecule has 2 aromatic rings. The van der Waals surface area contributed by atoms with Crippen LogP contribution in [-0.2, 0) is 0 Å². The first-order valence-corrected chi connectivity index (χ1v) is 4.71. The lowest BCUT2D eigenvalue weighted by molar-refractivity contribution is 0.474. The highest BCUT2D eigenvalue weighted by Crippen LogP contribution is 2.26. The van der Waals surface area contributed by atoms with Crippen LogP contribution in [-0.4, -0.2) is 10.1 Å². The van der Waals surface area contributed by atoms with E-state index in [1.807, 2.05) is 19.1 Å². The summed E-state index contributed by atoms with van der Waals surface area (Å²) in [5.74, 6) is 0.203. The molecule has 0 radical (unpaired) electrons. The van der Waals surface area contributed by atoms with E-state index in [0.717, 1.165) is 20.9 Å². The first kappa shape index (κ1) is 8.51. The highest BCUT2D eigenvalue weighted by atomic mass is 79.9. The third-order valence-corrected chi connectivity index (χ3v) is 2.64. The van der Waals surface area contributed by atoms with Crippen LogP contribution in [0.2, 0.25) is 0 Å². The fourth-order valence-corrected chi connectivity index (χ4v) is 1.76. The van der Waals surface area contributed by atoms with E-state index in [-0.39, 0.29) is 5.75 Å². The predicted molar refractivity (Wildman–Crippen MR) is 55.8 cm³/mol. The molecule has 1 aromatic heterocycles. The summed E-state index contributed by atoms with van der Waals surface area (Å²) < 4.78 is 0.952. The van der Waals surface area contributed by atoms with Gasteiger partial charge in [0.05, 0.1) is 11.7 Å². The van der Waals surface area contributed by atoms with Gasteiger partial charge in [-0.05, 0) is 40.5 Å². The quantitative estimate of drug-likeness (QED) is 0.765. The molecule has 1 heterocycles. The minimum atomic E-state index is 0.203. The van der Waals surface area contributed by atoms with Crippen LogP contribution in [0.4, 0.5) is 0 Å². The fourth-order valence-electron chi connectivity index (χ4n) is 1.31. The number of nitrogens with zero attached hydrogens (tertiary/aromatic N) is 1. The van der Waals surface area contributed by atoms with Crippen LogP contribution < -0.4 is 0 Å². The van der Waals surface area contributed by atoms with E-state index < -0.39 is 0 Å². The molecule has 13 heavy (non-hydrogen) atoms. The third kappa shape index (κ3) is 1.40. The normalized spacial score (nSPS) is 10.6. The van der Waals surface area contributed by atoms with Gasteiger partial charge in [0.25, 0.3) is 0 Å². The minimum Gasteiger partial charge on any atom is -0.506 e. The first-order chi connectivity index (χ1) is 6.18. The van der Waals surface area contributed by atoms with Crippen LogP contribution in [0.3, 0.4) is 0 Å². The fraction of sp³-hybridized carbons (Fsp3) is 0.100. The van der Waals surface area contributed by atoms with Crippen LogP contribution in [0, 0.1) is 6.92 Å². The zero-order valence-electron chi connectivity index (χ0n) is 7.08. The van der Waals surface area contributed by atoms with Gasteiger partial charge in [0.2, 0.25) is 0 Å². The summed E-state index contributed by atoms with van der Waals surface area (Å²) in [6.07, 6.45) is 1.45. The van der Waals surface area contributed by atoms with Crippen LogP contribution in [0.5, 0.6) is 5.75 Å². The SMILES string of the molecule is Cc1ccc(Br)c2ncc(O)cc12. The first-order valence-electron chi connectivity index (χ1n) is 3.92. The van der Waals surface area contributed by atoms with Gasteiger partial charge in [-0.15, -0.1) is 0 Å². The van der Waals surface area contributed by atoms with Gasteiger partial charge in [0.1, 0.15) is 5.75 Å². The van der Waals surface area contributed by atoms with Crippen LogP contribution in [0.1, 0.15) is 5.56 Å². The molecule has 3 heteroatoms. The zero-order chi connectivity index (χ0) is 9.42. The number of aryl methyl sites for hydroxylation is 1. The molecule has 0 amide bonds. The van der Waals surface area contributed by atoms with Crippen molar-refractivity contribution in [3.05, 3.63) is 34.4 Å². The van der Waals surface area contributed by atoms with Gasteiger partial charge >= 0.3 is 0 Å². The van der Waals surface area contributed by atoms with Crippen molar-refractivity contribution >= 4 is 26.8 Å². The predicted octanol–water partition coefficient (Wildman–Crippen LogP) is 3.01. The number of aromatic hydroxyl groups is 1. The minimum absolute atomic E-state index is 0.203. The lowest BCUT2D eigenvalue weighted by Gasteiger charge is -2.03. The average Bonchev–Trinajstić information content (AvgIpc) is 2.12. The van der Waals surface area contributed by atoms with Crippen LogP contribution in [0.25, 0.3) is 10.9 Å². The van der Waals surface area contributed by atoms with Crippen molar-refractivity contribution in [1.82, 2.24) is 4.98 Å². The van der Waals surface area contributed by atoms with E-state index >= 15 is 0 Å². The van der Waals surface area contributed by atoms with Gasteiger partial charge in [-0.1, -0.05) is 6.07 Å². The number of halogens is 1. The summed E-state index contributed by atoms with van der Waals surface area (Å²) in [5, 5.41) is 10.2. The summed E-state index contributed by atoms with van der Waals surface area (Å²) in [5.41, 5.74) is 2.00. The molecule has 0 spiro atoms. The molecule has 66 valence electrons. The van der Waals surface area contributed by atoms with Crippen molar-refractivity contribution in [3.63, 3.8) is 0 Å². The van der Waals surface area contributed by atoms with Crippen LogP contribution >= 0.6 is 15.9 Å². The number of benzene rings is 1. The number of fused-ring (bicyclic) bond motifs is 1. The Balaban J connectivity index is 2.92. The summed E-state index contributed by atoms with van der Waals surface area (Å²) in [6, 6.07) is 5.68. The molecule has 1 aromatic carbocycles. The van der Waals surface area contributed by atoms with E-state index in [9.17, 15) is 5.11 Å². The maximum Gasteiger partial charge on any atom is 0.134 e. The highest BCUT2D eigenvalue weighted by molar-refractivity contribution is 9.10. The topological polar surface area (TPSA) is 33.1 Å². The van der Waals surface area contributed by atoms with E-state index in [4.69, 9.17) is 0 Å². The number of hydrogen-bond acceptors (Lipinski definition) is 2. The second-order valence-electron chi connectivity index (χ2n) is 2.95. The molecule has 0 bridgehead atoms. The summed E-state index contributed by atoms with van der Waals surface area (Å²) in [7, 11) is 0. The zero-order valence-corrected chi connectivity index (χ0v) is 8.67. The number of pyridine rings is 1. The monoisotopic (exact) mass is 237 g/mol. The molecule has 0 unspecified atom stereocenters. The lowest BCUT2D eigenvalue weighted by Crippen LogP contribution is -1.83. The van der Waals surface area contributed by atoms with Crippen molar-refractivity contribution < 1.29 is 5.11 Å². The molecule has 0 aliphatic carbocycles. The molecule has 0 saturated heterocycles. The Kier molecular flexibility index (Phi) is 1.96. The molecule has 0 aliphatic rings. The molecular formula is C10H8BrNO. The van der Waals surface area contributed by atoms with Gasteiger partial charge in [-0.25, -0.2) is 0 Å². The van der Waals surface area contributed by atoms with Gasteiger partial charge in [-0.3, -0.25) is 4.98 Å². The van der Waals surface area contributed by atoms with E-state index in [1.165, 1.54) is 6.20 Å². The Hall–Kier alpha value is -1.09. The van der Waals surface area contributed by atoms with Gasteiger partial charge in [-0.2, -0.15) is 0 Å². The van der Waals surface area contributed by atoms with E-state index in [2.05, 4.69) is 20.9 Å². The number of hydrogen-bond donors (Lipinski definition) is 1. The van der Waals surface area contributed by atoms with E-state index in [1.54, 1.807) is 6.07 Å². The average molecular weight is 238 g/mol. The Morgan fingerprint density at radius 1 is 1.38 bits per heavy atom. The Bertz CT molecular complexity index is 468. The lowest BCUT2D eigenvalue weighted by atomic mass is 10.1. The standard InChI is InChI=1S/C10H8BrNO/c1-6-2-3-9(11)10-8(6)4-7(13)5-12-10/h2-5,13H,1H3. The highest BCUT2D eigenvalue weighted by Gasteiger charge is 2.03. The Morgan fingerprint density at radius 3 is 2.92 bits per heavy atom. The van der Waals surface area contributed by atoms with Crippen molar-refractivity contribution in [2.45, 2.75) is 6.92 Å². The van der Waals surface area contributed by atoms with Crippen molar-refractivity contribution in [2.24, 2.45) is 0 Å². The molecular weight excluding hydrogens is 230 g/mol. The Labute approximate surface area is 84.4 Å². The molecule has 0 fully saturated rings. The van der Waals surface area contributed by atoms with Crippen LogP contribution in [0.15, 0.2) is 28.9 Å². The Morgan fingerprint density at radius 2 is 2.15 bits per heavy atom. The van der Waals surface area contributed by atoms with Gasteiger partial charge < -0.3 is 5.11 Å². The largest absolute Gasteiger partial charge is 0.506 e. The molecule has 0 aliphatic heterocycles. The summed E-state index contributed by atoms with van der Waals surface area (Å²) >= 11 is 3.41. The number of aromatic nitrogens is 1. The maximum absolute atomic E-state index is 9.27. The molecule has 2 nitrogen and oxygen atoms in total. The molecule has 0 atom stereocenters.